The topological polar surface area (TPSA) is 88.2 Å². The second-order valence-electron chi connectivity index (χ2n) is 7.95. The Morgan fingerprint density at radius 2 is 1.55 bits per heavy atom. The number of hydrogen-bond donors (Lipinski definition) is 2. The van der Waals surface area contributed by atoms with Gasteiger partial charge in [-0.2, -0.15) is 4.72 Å². The number of hydrogen-bond acceptors (Lipinski definition) is 4. The van der Waals surface area contributed by atoms with Gasteiger partial charge in [0.25, 0.3) is 0 Å². The van der Waals surface area contributed by atoms with E-state index in [0.29, 0.717) is 16.6 Å². The predicted molar refractivity (Wildman–Crippen MR) is 131 cm³/mol. The number of anilines is 1. The summed E-state index contributed by atoms with van der Waals surface area (Å²) in [5, 5.41) is 3.64. The Hall–Kier alpha value is -3.55. The Labute approximate surface area is 193 Å². The van der Waals surface area contributed by atoms with E-state index in [2.05, 4.69) is 15.0 Å². The van der Waals surface area contributed by atoms with Crippen molar-refractivity contribution >= 4 is 32.5 Å². The lowest BCUT2D eigenvalue weighted by molar-refractivity contribution is -0.117. The van der Waals surface area contributed by atoms with Crippen molar-refractivity contribution in [3.63, 3.8) is 0 Å². The monoisotopic (exact) mass is 459 g/mol. The van der Waals surface area contributed by atoms with E-state index >= 15 is 0 Å². The first-order valence-corrected chi connectivity index (χ1v) is 12.1. The molecule has 0 unspecified atom stereocenters. The average Bonchev–Trinajstić information content (AvgIpc) is 2.81. The fourth-order valence-corrected chi connectivity index (χ4v) is 5.18. The molecule has 4 rings (SSSR count). The van der Waals surface area contributed by atoms with Crippen LogP contribution in [0.3, 0.4) is 0 Å². The van der Waals surface area contributed by atoms with Gasteiger partial charge in [0.2, 0.25) is 15.9 Å². The molecule has 2 N–H and O–H groups in total. The molecule has 0 saturated heterocycles. The number of rotatable bonds is 7. The maximum Gasteiger partial charge on any atom is 0.243 e. The molecule has 168 valence electrons. The molecule has 3 aromatic carbocycles. The molecule has 0 saturated carbocycles. The second kappa shape index (κ2) is 9.52. The quantitative estimate of drug-likeness (QED) is 0.429. The Morgan fingerprint density at radius 3 is 2.27 bits per heavy atom. The minimum atomic E-state index is -4.04. The number of amides is 1. The van der Waals surface area contributed by atoms with Crippen LogP contribution in [-0.4, -0.2) is 25.4 Å². The highest BCUT2D eigenvalue weighted by Crippen LogP contribution is 2.23. The summed E-state index contributed by atoms with van der Waals surface area (Å²) < 4.78 is 29.4. The van der Waals surface area contributed by atoms with Crippen molar-refractivity contribution in [2.24, 2.45) is 0 Å². The van der Waals surface area contributed by atoms with E-state index in [1.54, 1.807) is 30.5 Å². The summed E-state index contributed by atoms with van der Waals surface area (Å²) in [6, 6.07) is 22.6. The molecule has 0 aliphatic heterocycles. The highest BCUT2D eigenvalue weighted by atomic mass is 32.2. The lowest BCUT2D eigenvalue weighted by Gasteiger charge is -2.20. The highest BCUT2D eigenvalue weighted by molar-refractivity contribution is 7.89. The van der Waals surface area contributed by atoms with Crippen LogP contribution in [0.5, 0.6) is 0 Å². The third-order valence-electron chi connectivity index (χ3n) is 5.51. The molecule has 6 nitrogen and oxygen atoms in total. The van der Waals surface area contributed by atoms with Crippen molar-refractivity contribution < 1.29 is 13.2 Å². The van der Waals surface area contributed by atoms with E-state index in [9.17, 15) is 13.2 Å². The van der Waals surface area contributed by atoms with Gasteiger partial charge < -0.3 is 5.32 Å². The SMILES string of the molecule is Cc1cccc(C)c1NC(=O)[C@@H](Cc1ccccc1)NS(=O)(=O)c1cccc2cccnc12. The molecular weight excluding hydrogens is 434 g/mol. The largest absolute Gasteiger partial charge is 0.324 e. The van der Waals surface area contributed by atoms with Gasteiger partial charge in [-0.25, -0.2) is 8.42 Å². The summed E-state index contributed by atoms with van der Waals surface area (Å²) in [5.74, 6) is -0.423. The summed E-state index contributed by atoms with van der Waals surface area (Å²) in [5.41, 5.74) is 3.71. The standard InChI is InChI=1S/C26H25N3O3S/c1-18-9-6-10-19(2)24(18)28-26(30)22(17-20-11-4-3-5-12-20)29-33(31,32)23-15-7-13-21-14-8-16-27-25(21)23/h3-16,22,29H,17H2,1-2H3,(H,28,30)/t22-/m1/s1. The summed E-state index contributed by atoms with van der Waals surface area (Å²) >= 11 is 0. The first-order valence-electron chi connectivity index (χ1n) is 10.6. The molecule has 7 heteroatoms. The molecule has 0 fully saturated rings. The first-order chi connectivity index (χ1) is 15.8. The van der Waals surface area contributed by atoms with Gasteiger partial charge in [-0.1, -0.05) is 66.7 Å². The van der Waals surface area contributed by atoms with E-state index in [1.807, 2.05) is 62.4 Å². The zero-order valence-electron chi connectivity index (χ0n) is 18.4. The van der Waals surface area contributed by atoms with Crippen LogP contribution in [0.1, 0.15) is 16.7 Å². The number of para-hydroxylation sites is 2. The molecule has 1 amide bonds. The molecule has 0 radical (unpaired) electrons. The Kier molecular flexibility index (Phi) is 6.53. The van der Waals surface area contributed by atoms with Crippen molar-refractivity contribution in [2.75, 3.05) is 5.32 Å². The minimum absolute atomic E-state index is 0.0403. The first kappa shape index (κ1) is 22.6. The summed E-state index contributed by atoms with van der Waals surface area (Å²) in [6.45, 7) is 3.81. The highest BCUT2D eigenvalue weighted by Gasteiger charge is 2.28. The molecular formula is C26H25N3O3S. The zero-order valence-corrected chi connectivity index (χ0v) is 19.3. The number of nitrogens with zero attached hydrogens (tertiary/aromatic N) is 1. The molecule has 0 aliphatic rings. The number of fused-ring (bicyclic) bond motifs is 1. The molecule has 4 aromatic rings. The Bertz CT molecular complexity index is 1380. The van der Waals surface area contributed by atoms with Gasteiger partial charge in [0.05, 0.1) is 5.52 Å². The number of sulfonamides is 1. The molecule has 0 aliphatic carbocycles. The fraction of sp³-hybridized carbons (Fsp3) is 0.154. The molecule has 0 spiro atoms. The number of pyridine rings is 1. The predicted octanol–water partition coefficient (Wildman–Crippen LogP) is 4.38. The second-order valence-corrected chi connectivity index (χ2v) is 9.63. The van der Waals surface area contributed by atoms with E-state index in [4.69, 9.17) is 0 Å². The third kappa shape index (κ3) is 5.10. The van der Waals surface area contributed by atoms with Gasteiger partial charge in [-0.05, 0) is 49.1 Å². The van der Waals surface area contributed by atoms with E-state index in [-0.39, 0.29) is 11.3 Å². The van der Waals surface area contributed by atoms with E-state index < -0.39 is 22.0 Å². The fourth-order valence-electron chi connectivity index (χ4n) is 3.80. The van der Waals surface area contributed by atoms with Gasteiger partial charge in [0.15, 0.2) is 0 Å². The summed E-state index contributed by atoms with van der Waals surface area (Å²) in [4.78, 5) is 17.6. The molecule has 0 bridgehead atoms. The van der Waals surface area contributed by atoms with Crippen molar-refractivity contribution in [3.8, 4) is 0 Å². The normalized spacial score (nSPS) is 12.4. The van der Waals surface area contributed by atoms with Crippen LogP contribution < -0.4 is 10.0 Å². The maximum atomic E-state index is 13.4. The average molecular weight is 460 g/mol. The van der Waals surface area contributed by atoms with Crippen LogP contribution in [0, 0.1) is 13.8 Å². The van der Waals surface area contributed by atoms with Crippen LogP contribution in [0.25, 0.3) is 10.9 Å². The summed E-state index contributed by atoms with van der Waals surface area (Å²) in [6.07, 6.45) is 1.76. The van der Waals surface area contributed by atoms with E-state index in [0.717, 1.165) is 16.7 Å². The van der Waals surface area contributed by atoms with Crippen molar-refractivity contribution in [2.45, 2.75) is 31.2 Å². The van der Waals surface area contributed by atoms with E-state index in [1.165, 1.54) is 6.07 Å². The van der Waals surface area contributed by atoms with Gasteiger partial charge >= 0.3 is 0 Å². The smallest absolute Gasteiger partial charge is 0.243 e. The maximum absolute atomic E-state index is 13.4. The number of carbonyl (C=O) groups is 1. The lowest BCUT2D eigenvalue weighted by Crippen LogP contribution is -2.45. The molecule has 33 heavy (non-hydrogen) atoms. The third-order valence-corrected chi connectivity index (χ3v) is 7.01. The van der Waals surface area contributed by atoms with Gasteiger partial charge in [-0.3, -0.25) is 9.78 Å². The molecule has 1 heterocycles. The van der Waals surface area contributed by atoms with Crippen molar-refractivity contribution in [3.05, 3.63) is 102 Å². The van der Waals surface area contributed by atoms with Gasteiger partial charge in [0, 0.05) is 17.3 Å². The zero-order chi connectivity index (χ0) is 23.4. The number of benzene rings is 3. The van der Waals surface area contributed by atoms with Gasteiger partial charge in [-0.15, -0.1) is 0 Å². The minimum Gasteiger partial charge on any atom is -0.324 e. The summed E-state index contributed by atoms with van der Waals surface area (Å²) in [7, 11) is -4.04. The van der Waals surface area contributed by atoms with Gasteiger partial charge in [0.1, 0.15) is 10.9 Å². The van der Waals surface area contributed by atoms with Crippen LogP contribution >= 0.6 is 0 Å². The van der Waals surface area contributed by atoms with Crippen LogP contribution in [0.4, 0.5) is 5.69 Å². The van der Waals surface area contributed by atoms with Crippen LogP contribution in [0.2, 0.25) is 0 Å². The number of carbonyl (C=O) groups excluding carboxylic acids is 1. The molecule has 1 aromatic heterocycles. The van der Waals surface area contributed by atoms with Crippen molar-refractivity contribution in [1.82, 2.24) is 9.71 Å². The van der Waals surface area contributed by atoms with Crippen LogP contribution in [-0.2, 0) is 21.2 Å². The number of nitrogens with one attached hydrogen (secondary N) is 2. The van der Waals surface area contributed by atoms with Crippen molar-refractivity contribution in [1.29, 1.82) is 0 Å². The Morgan fingerprint density at radius 1 is 0.879 bits per heavy atom. The number of aryl methyl sites for hydroxylation is 2. The van der Waals surface area contributed by atoms with Crippen LogP contribution in [0.15, 0.2) is 90.0 Å². The lowest BCUT2D eigenvalue weighted by atomic mass is 10.0. The Balaban J connectivity index is 1.69. The molecule has 1 atom stereocenters. The number of aromatic nitrogens is 1.